The van der Waals surface area contributed by atoms with Gasteiger partial charge in [-0.05, 0) is 19.1 Å². The van der Waals surface area contributed by atoms with Crippen LogP contribution in [-0.4, -0.2) is 15.9 Å². The molecule has 0 radical (unpaired) electrons. The Morgan fingerprint density at radius 3 is 2.95 bits per heavy atom. The minimum Gasteiger partial charge on any atom is -0.346 e. The van der Waals surface area contributed by atoms with Crippen molar-refractivity contribution in [3.05, 3.63) is 38.9 Å². The van der Waals surface area contributed by atoms with E-state index in [0.717, 1.165) is 9.88 Å². The van der Waals surface area contributed by atoms with Crippen LogP contribution < -0.4 is 16.6 Å². The molecule has 0 aliphatic heterocycles. The number of hydrogen-bond acceptors (Lipinski definition) is 6. The van der Waals surface area contributed by atoms with Crippen molar-refractivity contribution in [2.75, 3.05) is 5.43 Å². The van der Waals surface area contributed by atoms with Crippen LogP contribution >= 0.6 is 22.9 Å². The first-order chi connectivity index (χ1) is 9.10. The normalized spacial score (nSPS) is 10.3. The summed E-state index contributed by atoms with van der Waals surface area (Å²) in [5.41, 5.74) is 2.51. The predicted molar refractivity (Wildman–Crippen MR) is 75.1 cm³/mol. The number of rotatable bonds is 4. The highest BCUT2D eigenvalue weighted by Gasteiger charge is 2.13. The van der Waals surface area contributed by atoms with Crippen molar-refractivity contribution in [2.24, 2.45) is 5.84 Å². The minimum absolute atomic E-state index is 0.137. The Balaban J connectivity index is 2.07. The molecule has 0 aromatic carbocycles. The standard InChI is InChI=1S/C11H12ClN5OS/c1-6-14-4-7(19-6)5-15-11(18)10-8(12)2-3-9(16-10)17-13/h2-4H,5,13H2,1H3,(H,15,18)(H,16,17). The summed E-state index contributed by atoms with van der Waals surface area (Å²) in [6, 6.07) is 3.15. The summed E-state index contributed by atoms with van der Waals surface area (Å²) in [4.78, 5) is 21.1. The van der Waals surface area contributed by atoms with E-state index in [9.17, 15) is 4.79 Å². The average molecular weight is 298 g/mol. The third-order valence-electron chi connectivity index (χ3n) is 2.30. The van der Waals surface area contributed by atoms with Gasteiger partial charge in [-0.15, -0.1) is 11.3 Å². The molecule has 0 saturated carbocycles. The molecule has 2 aromatic rings. The van der Waals surface area contributed by atoms with E-state index in [1.54, 1.807) is 18.3 Å². The number of nitrogens with two attached hydrogens (primary N) is 1. The van der Waals surface area contributed by atoms with Crippen LogP contribution in [0, 0.1) is 6.92 Å². The first kappa shape index (κ1) is 13.7. The number of nitrogen functional groups attached to an aromatic ring is 1. The SMILES string of the molecule is Cc1ncc(CNC(=O)c2nc(NN)ccc2Cl)s1. The van der Waals surface area contributed by atoms with Gasteiger partial charge in [0.1, 0.15) is 11.5 Å². The van der Waals surface area contributed by atoms with Gasteiger partial charge in [0.2, 0.25) is 0 Å². The number of anilines is 1. The molecule has 100 valence electrons. The van der Waals surface area contributed by atoms with Crippen molar-refractivity contribution in [2.45, 2.75) is 13.5 Å². The van der Waals surface area contributed by atoms with Crippen molar-refractivity contribution in [1.82, 2.24) is 15.3 Å². The van der Waals surface area contributed by atoms with Crippen molar-refractivity contribution in [3.63, 3.8) is 0 Å². The lowest BCUT2D eigenvalue weighted by atomic mass is 10.3. The van der Waals surface area contributed by atoms with E-state index in [-0.39, 0.29) is 16.6 Å². The molecule has 8 heteroatoms. The second-order valence-electron chi connectivity index (χ2n) is 3.70. The van der Waals surface area contributed by atoms with Crippen molar-refractivity contribution >= 4 is 34.7 Å². The van der Waals surface area contributed by atoms with E-state index in [1.807, 2.05) is 6.92 Å². The molecule has 0 bridgehead atoms. The number of amides is 1. The smallest absolute Gasteiger partial charge is 0.271 e. The summed E-state index contributed by atoms with van der Waals surface area (Å²) >= 11 is 7.46. The molecule has 1 amide bonds. The van der Waals surface area contributed by atoms with Crippen molar-refractivity contribution in [1.29, 1.82) is 0 Å². The Bertz CT molecular complexity index is 601. The summed E-state index contributed by atoms with van der Waals surface area (Å²) in [5.74, 6) is 5.27. The Morgan fingerprint density at radius 2 is 2.32 bits per heavy atom. The van der Waals surface area contributed by atoms with Gasteiger partial charge in [-0.2, -0.15) is 0 Å². The number of nitrogens with one attached hydrogen (secondary N) is 2. The Labute approximate surface area is 119 Å². The average Bonchev–Trinajstić information content (AvgIpc) is 2.82. The third-order valence-corrected chi connectivity index (χ3v) is 3.52. The van der Waals surface area contributed by atoms with Gasteiger partial charge in [-0.25, -0.2) is 15.8 Å². The van der Waals surface area contributed by atoms with Gasteiger partial charge in [0.15, 0.2) is 0 Å². The second kappa shape index (κ2) is 5.96. The highest BCUT2D eigenvalue weighted by molar-refractivity contribution is 7.11. The van der Waals surface area contributed by atoms with Gasteiger partial charge in [0.05, 0.1) is 16.6 Å². The zero-order valence-electron chi connectivity index (χ0n) is 10.1. The largest absolute Gasteiger partial charge is 0.346 e. The van der Waals surface area contributed by atoms with Crippen LogP contribution in [-0.2, 0) is 6.54 Å². The van der Waals surface area contributed by atoms with Gasteiger partial charge in [-0.1, -0.05) is 11.6 Å². The number of hydrazine groups is 1. The van der Waals surface area contributed by atoms with Crippen LogP contribution in [0.25, 0.3) is 0 Å². The molecule has 0 aliphatic rings. The zero-order chi connectivity index (χ0) is 13.8. The molecule has 0 atom stereocenters. The Kier molecular flexibility index (Phi) is 4.31. The molecule has 0 saturated heterocycles. The van der Waals surface area contributed by atoms with E-state index >= 15 is 0 Å². The number of nitrogens with zero attached hydrogens (tertiary/aromatic N) is 2. The first-order valence-electron chi connectivity index (χ1n) is 5.43. The minimum atomic E-state index is -0.354. The number of halogens is 1. The van der Waals surface area contributed by atoms with Crippen LogP contribution in [0.2, 0.25) is 5.02 Å². The van der Waals surface area contributed by atoms with E-state index in [4.69, 9.17) is 17.4 Å². The number of hydrogen-bond donors (Lipinski definition) is 3. The number of aromatic nitrogens is 2. The molecule has 2 aromatic heterocycles. The first-order valence-corrected chi connectivity index (χ1v) is 6.62. The quantitative estimate of drug-likeness (QED) is 0.590. The number of pyridine rings is 1. The van der Waals surface area contributed by atoms with Crippen LogP contribution in [0.1, 0.15) is 20.4 Å². The molecule has 0 unspecified atom stereocenters. The van der Waals surface area contributed by atoms with Gasteiger partial charge in [0, 0.05) is 11.1 Å². The zero-order valence-corrected chi connectivity index (χ0v) is 11.7. The fourth-order valence-electron chi connectivity index (χ4n) is 1.42. The maximum absolute atomic E-state index is 12.0. The lowest BCUT2D eigenvalue weighted by Gasteiger charge is -2.06. The Hall–Kier alpha value is -1.70. The molecule has 0 spiro atoms. The summed E-state index contributed by atoms with van der Waals surface area (Å²) in [5, 5.41) is 3.97. The topological polar surface area (TPSA) is 92.9 Å². The monoisotopic (exact) mass is 297 g/mol. The summed E-state index contributed by atoms with van der Waals surface area (Å²) in [6.45, 7) is 2.30. The van der Waals surface area contributed by atoms with Gasteiger partial charge >= 0.3 is 0 Å². The number of carbonyl (C=O) groups excluding carboxylic acids is 1. The number of aryl methyl sites for hydroxylation is 1. The van der Waals surface area contributed by atoms with E-state index < -0.39 is 0 Å². The predicted octanol–water partition coefficient (Wildman–Crippen LogP) is 1.72. The molecular formula is C11H12ClN5OS. The van der Waals surface area contributed by atoms with E-state index in [1.165, 1.54) is 11.3 Å². The van der Waals surface area contributed by atoms with Gasteiger partial charge < -0.3 is 10.7 Å². The van der Waals surface area contributed by atoms with Gasteiger partial charge in [-0.3, -0.25) is 4.79 Å². The van der Waals surface area contributed by atoms with Crippen LogP contribution in [0.5, 0.6) is 0 Å². The highest BCUT2D eigenvalue weighted by Crippen LogP contribution is 2.17. The molecule has 4 N–H and O–H groups in total. The summed E-state index contributed by atoms with van der Waals surface area (Å²) < 4.78 is 0. The number of carbonyl (C=O) groups is 1. The van der Waals surface area contributed by atoms with E-state index in [2.05, 4.69) is 20.7 Å². The van der Waals surface area contributed by atoms with E-state index in [0.29, 0.717) is 12.4 Å². The second-order valence-corrected chi connectivity index (χ2v) is 5.43. The summed E-state index contributed by atoms with van der Waals surface area (Å²) in [6.07, 6.45) is 1.73. The number of thiazole rings is 1. The molecule has 6 nitrogen and oxygen atoms in total. The lowest BCUT2D eigenvalue weighted by Crippen LogP contribution is -2.24. The molecule has 2 heterocycles. The fraction of sp³-hybridized carbons (Fsp3) is 0.182. The molecular weight excluding hydrogens is 286 g/mol. The molecule has 0 aliphatic carbocycles. The van der Waals surface area contributed by atoms with Crippen molar-refractivity contribution < 1.29 is 4.79 Å². The molecule has 2 rings (SSSR count). The summed E-state index contributed by atoms with van der Waals surface area (Å²) in [7, 11) is 0. The van der Waals surface area contributed by atoms with Crippen LogP contribution in [0.15, 0.2) is 18.3 Å². The third kappa shape index (κ3) is 3.40. The maximum atomic E-state index is 12.0. The Morgan fingerprint density at radius 1 is 1.53 bits per heavy atom. The molecule has 0 fully saturated rings. The fourth-order valence-corrected chi connectivity index (χ4v) is 2.35. The van der Waals surface area contributed by atoms with Crippen LogP contribution in [0.4, 0.5) is 5.82 Å². The van der Waals surface area contributed by atoms with Gasteiger partial charge in [0.25, 0.3) is 5.91 Å². The van der Waals surface area contributed by atoms with Crippen molar-refractivity contribution in [3.8, 4) is 0 Å². The van der Waals surface area contributed by atoms with Crippen LogP contribution in [0.3, 0.4) is 0 Å². The maximum Gasteiger partial charge on any atom is 0.271 e. The molecule has 19 heavy (non-hydrogen) atoms. The highest BCUT2D eigenvalue weighted by atomic mass is 35.5. The lowest BCUT2D eigenvalue weighted by molar-refractivity contribution is 0.0946.